The molecule has 1 aliphatic carbocycles. The molecule has 20 heavy (non-hydrogen) atoms. The summed E-state index contributed by atoms with van der Waals surface area (Å²) in [6, 6.07) is 12.0. The van der Waals surface area contributed by atoms with Crippen LogP contribution in [0.2, 0.25) is 10.0 Å². The van der Waals surface area contributed by atoms with E-state index in [1.54, 1.807) is 30.3 Å². The van der Waals surface area contributed by atoms with Crippen LogP contribution >= 0.6 is 23.2 Å². The van der Waals surface area contributed by atoms with E-state index in [9.17, 15) is 4.79 Å². The summed E-state index contributed by atoms with van der Waals surface area (Å²) >= 11 is 12.0. The number of ether oxygens (including phenoxy) is 1. The molecule has 0 spiro atoms. The van der Waals surface area contributed by atoms with Crippen LogP contribution in [-0.2, 0) is 0 Å². The van der Waals surface area contributed by atoms with Crippen LogP contribution < -0.4 is 4.74 Å². The van der Waals surface area contributed by atoms with E-state index in [4.69, 9.17) is 27.9 Å². The van der Waals surface area contributed by atoms with Crippen LogP contribution in [0, 0.1) is 0 Å². The van der Waals surface area contributed by atoms with Crippen molar-refractivity contribution < 1.29 is 9.53 Å². The molecule has 2 aromatic rings. The first-order chi connectivity index (χ1) is 9.63. The fourth-order valence-electron chi connectivity index (χ4n) is 1.89. The quantitative estimate of drug-likeness (QED) is 0.761. The maximum Gasteiger partial charge on any atom is 0.194 e. The second-order valence-corrected chi connectivity index (χ2v) is 5.64. The van der Waals surface area contributed by atoms with Crippen LogP contribution in [0.1, 0.15) is 28.8 Å². The molecule has 0 bridgehead atoms. The van der Waals surface area contributed by atoms with Gasteiger partial charge in [-0.3, -0.25) is 4.79 Å². The number of halogens is 2. The minimum absolute atomic E-state index is 0.143. The summed E-state index contributed by atoms with van der Waals surface area (Å²) < 4.78 is 5.65. The zero-order valence-electron chi connectivity index (χ0n) is 10.6. The molecule has 0 unspecified atom stereocenters. The number of carbonyl (C=O) groups excluding carboxylic acids is 1. The Labute approximate surface area is 127 Å². The van der Waals surface area contributed by atoms with Gasteiger partial charge in [-0.2, -0.15) is 0 Å². The normalized spacial score (nSPS) is 14.1. The summed E-state index contributed by atoms with van der Waals surface area (Å²) in [5.41, 5.74) is 0.979. The van der Waals surface area contributed by atoms with E-state index in [2.05, 4.69) is 0 Å². The van der Waals surface area contributed by atoms with Crippen molar-refractivity contribution in [3.63, 3.8) is 0 Å². The third-order valence-corrected chi connectivity index (χ3v) is 3.68. The van der Waals surface area contributed by atoms with Crippen molar-refractivity contribution in [2.45, 2.75) is 18.9 Å². The molecule has 2 nitrogen and oxygen atoms in total. The van der Waals surface area contributed by atoms with E-state index in [0.717, 1.165) is 18.6 Å². The predicted octanol–water partition coefficient (Wildman–Crippen LogP) is 4.77. The Hall–Kier alpha value is -1.51. The lowest BCUT2D eigenvalue weighted by atomic mass is 10.0. The Kier molecular flexibility index (Phi) is 3.68. The fourth-order valence-corrected chi connectivity index (χ4v) is 2.27. The first kappa shape index (κ1) is 13.5. The monoisotopic (exact) mass is 306 g/mol. The summed E-state index contributed by atoms with van der Waals surface area (Å²) in [6.07, 6.45) is 2.57. The first-order valence-corrected chi connectivity index (χ1v) is 7.15. The molecule has 0 atom stereocenters. The number of hydrogen-bond donors (Lipinski definition) is 0. The SMILES string of the molecule is O=C(c1ccc(OC2CC2)cc1)c1cc(Cl)ccc1Cl. The second kappa shape index (κ2) is 5.47. The molecule has 2 aromatic carbocycles. The average molecular weight is 307 g/mol. The first-order valence-electron chi connectivity index (χ1n) is 6.40. The van der Waals surface area contributed by atoms with E-state index >= 15 is 0 Å². The number of carbonyl (C=O) groups is 1. The lowest BCUT2D eigenvalue weighted by molar-refractivity contribution is 0.103. The van der Waals surface area contributed by atoms with Gasteiger partial charge in [0.25, 0.3) is 0 Å². The smallest absolute Gasteiger partial charge is 0.194 e. The predicted molar refractivity (Wildman–Crippen MR) is 80.0 cm³/mol. The average Bonchev–Trinajstić information content (AvgIpc) is 3.26. The molecule has 102 valence electrons. The van der Waals surface area contributed by atoms with Crippen molar-refractivity contribution in [2.75, 3.05) is 0 Å². The standard InChI is InChI=1S/C16H12Cl2O2/c17-11-3-8-15(18)14(9-11)16(19)10-1-4-12(5-2-10)20-13-6-7-13/h1-5,8-9,13H,6-7H2. The van der Waals surface area contributed by atoms with Gasteiger partial charge in [0.05, 0.1) is 11.1 Å². The van der Waals surface area contributed by atoms with E-state index in [1.807, 2.05) is 12.1 Å². The highest BCUT2D eigenvalue weighted by Gasteiger charge is 2.23. The van der Waals surface area contributed by atoms with Gasteiger partial charge in [0.2, 0.25) is 0 Å². The van der Waals surface area contributed by atoms with Crippen molar-refractivity contribution in [1.82, 2.24) is 0 Å². The highest BCUT2D eigenvalue weighted by Crippen LogP contribution is 2.28. The van der Waals surface area contributed by atoms with Crippen molar-refractivity contribution in [3.8, 4) is 5.75 Å². The van der Waals surface area contributed by atoms with Crippen molar-refractivity contribution >= 4 is 29.0 Å². The van der Waals surface area contributed by atoms with Crippen molar-refractivity contribution in [2.24, 2.45) is 0 Å². The van der Waals surface area contributed by atoms with Crippen LogP contribution in [0.15, 0.2) is 42.5 Å². The molecule has 0 saturated heterocycles. The summed E-state index contributed by atoms with van der Waals surface area (Å²) in [5.74, 6) is 0.650. The maximum atomic E-state index is 12.4. The summed E-state index contributed by atoms with van der Waals surface area (Å²) in [6.45, 7) is 0. The lowest BCUT2D eigenvalue weighted by Gasteiger charge is -2.07. The van der Waals surface area contributed by atoms with Crippen LogP contribution in [0.5, 0.6) is 5.75 Å². The minimum Gasteiger partial charge on any atom is -0.490 e. The van der Waals surface area contributed by atoms with E-state index in [1.165, 1.54) is 0 Å². The van der Waals surface area contributed by atoms with E-state index in [-0.39, 0.29) is 5.78 Å². The van der Waals surface area contributed by atoms with Gasteiger partial charge in [0, 0.05) is 16.1 Å². The Morgan fingerprint density at radius 1 is 1.05 bits per heavy atom. The number of ketones is 1. The molecule has 0 amide bonds. The molecule has 0 heterocycles. The molecule has 0 aliphatic heterocycles. The summed E-state index contributed by atoms with van der Waals surface area (Å²) in [7, 11) is 0. The number of rotatable bonds is 4. The molecule has 1 fully saturated rings. The van der Waals surface area contributed by atoms with Crippen LogP contribution in [0.4, 0.5) is 0 Å². The van der Waals surface area contributed by atoms with Gasteiger partial charge in [-0.15, -0.1) is 0 Å². The Morgan fingerprint density at radius 3 is 2.40 bits per heavy atom. The maximum absolute atomic E-state index is 12.4. The van der Waals surface area contributed by atoms with Gasteiger partial charge in [-0.1, -0.05) is 23.2 Å². The number of hydrogen-bond acceptors (Lipinski definition) is 2. The van der Waals surface area contributed by atoms with E-state index in [0.29, 0.717) is 27.3 Å². The zero-order valence-corrected chi connectivity index (χ0v) is 12.1. The number of benzene rings is 2. The highest BCUT2D eigenvalue weighted by molar-refractivity contribution is 6.36. The highest BCUT2D eigenvalue weighted by atomic mass is 35.5. The Bertz CT molecular complexity index is 646. The molecular weight excluding hydrogens is 295 g/mol. The molecule has 0 radical (unpaired) electrons. The third-order valence-electron chi connectivity index (χ3n) is 3.12. The summed E-state index contributed by atoms with van der Waals surface area (Å²) in [5, 5.41) is 0.893. The zero-order chi connectivity index (χ0) is 14.1. The van der Waals surface area contributed by atoms with Gasteiger partial charge in [-0.05, 0) is 55.3 Å². The topological polar surface area (TPSA) is 26.3 Å². The lowest BCUT2D eigenvalue weighted by Crippen LogP contribution is -2.03. The molecular formula is C16H12Cl2O2. The molecule has 1 saturated carbocycles. The van der Waals surface area contributed by atoms with Crippen LogP contribution in [-0.4, -0.2) is 11.9 Å². The molecule has 1 aliphatic rings. The van der Waals surface area contributed by atoms with Gasteiger partial charge in [0.1, 0.15) is 5.75 Å². The van der Waals surface area contributed by atoms with Crippen LogP contribution in [0.25, 0.3) is 0 Å². The molecule has 0 aromatic heterocycles. The second-order valence-electron chi connectivity index (χ2n) is 4.79. The van der Waals surface area contributed by atoms with Crippen molar-refractivity contribution in [1.29, 1.82) is 0 Å². The summed E-state index contributed by atoms with van der Waals surface area (Å²) in [4.78, 5) is 12.4. The van der Waals surface area contributed by atoms with Crippen LogP contribution in [0.3, 0.4) is 0 Å². The Balaban J connectivity index is 1.83. The largest absolute Gasteiger partial charge is 0.490 e. The van der Waals surface area contributed by atoms with Gasteiger partial charge < -0.3 is 4.74 Å². The van der Waals surface area contributed by atoms with E-state index < -0.39 is 0 Å². The Morgan fingerprint density at radius 2 is 1.75 bits per heavy atom. The van der Waals surface area contributed by atoms with Gasteiger partial charge in [-0.25, -0.2) is 0 Å². The van der Waals surface area contributed by atoms with Gasteiger partial charge in [0.15, 0.2) is 5.78 Å². The van der Waals surface area contributed by atoms with Gasteiger partial charge >= 0.3 is 0 Å². The fraction of sp³-hybridized carbons (Fsp3) is 0.188. The van der Waals surface area contributed by atoms with Crippen molar-refractivity contribution in [3.05, 3.63) is 63.6 Å². The molecule has 0 N–H and O–H groups in total. The minimum atomic E-state index is -0.143. The molecule has 3 rings (SSSR count). The third kappa shape index (κ3) is 2.97. The molecule has 4 heteroatoms.